The molecule has 1 saturated heterocycles. The van der Waals surface area contributed by atoms with Crippen LogP contribution in [0.15, 0.2) is 35.6 Å². The number of carbonyl (C=O) groups is 2. The monoisotopic (exact) mass is 343 g/mol. The number of aryl methyl sites for hydroxylation is 1. The van der Waals surface area contributed by atoms with E-state index in [0.29, 0.717) is 6.54 Å². The van der Waals surface area contributed by atoms with Gasteiger partial charge in [-0.05, 0) is 19.4 Å². The summed E-state index contributed by atoms with van der Waals surface area (Å²) >= 11 is 0. The number of nitrogens with zero attached hydrogens (tertiary/aromatic N) is 2. The summed E-state index contributed by atoms with van der Waals surface area (Å²) in [4.78, 5) is 28.6. The van der Waals surface area contributed by atoms with Crippen molar-refractivity contribution in [2.45, 2.75) is 19.9 Å². The van der Waals surface area contributed by atoms with E-state index in [1.54, 1.807) is 4.90 Å². The molecule has 0 radical (unpaired) electrons. The van der Waals surface area contributed by atoms with Gasteiger partial charge in [-0.15, -0.1) is 0 Å². The molecule has 1 aromatic carbocycles. The fraction of sp³-hybridized carbons (Fsp3) is 0.474. The lowest BCUT2D eigenvalue weighted by Gasteiger charge is -2.32. The second kappa shape index (κ2) is 7.37. The molecule has 2 heterocycles. The van der Waals surface area contributed by atoms with Crippen LogP contribution in [0.2, 0.25) is 0 Å². The molecular formula is C19H25N3O3. The van der Waals surface area contributed by atoms with Gasteiger partial charge in [0.1, 0.15) is 0 Å². The summed E-state index contributed by atoms with van der Waals surface area (Å²) in [5.74, 6) is -1.12. The van der Waals surface area contributed by atoms with E-state index >= 15 is 0 Å². The molecule has 2 N–H and O–H groups in total. The third-order valence-corrected chi connectivity index (χ3v) is 4.94. The zero-order valence-electron chi connectivity index (χ0n) is 14.8. The fourth-order valence-corrected chi connectivity index (χ4v) is 3.52. The molecule has 3 rings (SSSR count). The van der Waals surface area contributed by atoms with Crippen LogP contribution in [0.4, 0.5) is 0 Å². The maximum absolute atomic E-state index is 12.6. The number of rotatable bonds is 5. The molecule has 1 fully saturated rings. The maximum Gasteiger partial charge on any atom is 0.290 e. The third-order valence-electron chi connectivity index (χ3n) is 4.94. The minimum atomic E-state index is -0.506. The lowest BCUT2D eigenvalue weighted by Crippen LogP contribution is -2.47. The number of hydrogen-bond acceptors (Lipinski definition) is 5. The first-order valence-corrected chi connectivity index (χ1v) is 8.73. The highest BCUT2D eigenvalue weighted by Gasteiger charge is 2.42. The Bertz CT molecular complexity index is 690. The van der Waals surface area contributed by atoms with Crippen LogP contribution < -0.4 is 5.32 Å². The summed E-state index contributed by atoms with van der Waals surface area (Å²) in [6, 6.07) is 7.26. The molecule has 0 saturated carbocycles. The highest BCUT2D eigenvalue weighted by Crippen LogP contribution is 2.37. The Hall–Kier alpha value is -2.18. The Labute approximate surface area is 148 Å². The standard InChI is InChI=1S/C19H25N3O3/c1-13-3-5-15(6-4-13)17-16(14(2)23)18(24)19(25)22(17)12-11-21-9-7-20-8-10-21/h3-6,17,20,24H,7-12H2,1-2H3. The Morgan fingerprint density at radius 1 is 1.20 bits per heavy atom. The van der Waals surface area contributed by atoms with E-state index in [-0.39, 0.29) is 11.4 Å². The average molecular weight is 343 g/mol. The summed E-state index contributed by atoms with van der Waals surface area (Å²) in [6.45, 7) is 8.37. The fourth-order valence-electron chi connectivity index (χ4n) is 3.52. The number of nitrogens with one attached hydrogen (secondary N) is 1. The van der Waals surface area contributed by atoms with Crippen LogP contribution in [0.5, 0.6) is 0 Å². The van der Waals surface area contributed by atoms with Crippen molar-refractivity contribution in [3.8, 4) is 0 Å². The van der Waals surface area contributed by atoms with E-state index in [2.05, 4.69) is 10.2 Å². The van der Waals surface area contributed by atoms with E-state index in [1.165, 1.54) is 6.92 Å². The number of aliphatic hydroxyl groups excluding tert-OH is 1. The molecule has 6 heteroatoms. The van der Waals surface area contributed by atoms with Crippen molar-refractivity contribution in [1.82, 2.24) is 15.1 Å². The highest BCUT2D eigenvalue weighted by atomic mass is 16.3. The van der Waals surface area contributed by atoms with Crippen LogP contribution in [0.3, 0.4) is 0 Å². The molecule has 0 aromatic heterocycles. The molecule has 2 aliphatic rings. The van der Waals surface area contributed by atoms with Gasteiger partial charge in [0.05, 0.1) is 11.6 Å². The smallest absolute Gasteiger partial charge is 0.290 e. The van der Waals surface area contributed by atoms with Crippen LogP contribution in [0.25, 0.3) is 0 Å². The minimum absolute atomic E-state index is 0.203. The SMILES string of the molecule is CC(=O)C1=C(O)C(=O)N(CCN2CCNCC2)C1c1ccc(C)cc1. The van der Waals surface area contributed by atoms with Crippen molar-refractivity contribution in [2.75, 3.05) is 39.3 Å². The molecule has 1 amide bonds. The van der Waals surface area contributed by atoms with Gasteiger partial charge in [-0.3, -0.25) is 14.5 Å². The molecular weight excluding hydrogens is 318 g/mol. The van der Waals surface area contributed by atoms with Gasteiger partial charge in [0.2, 0.25) is 0 Å². The van der Waals surface area contributed by atoms with Gasteiger partial charge in [-0.2, -0.15) is 0 Å². The third kappa shape index (κ3) is 3.60. The van der Waals surface area contributed by atoms with Crippen LogP contribution >= 0.6 is 0 Å². The van der Waals surface area contributed by atoms with Crippen LogP contribution in [-0.4, -0.2) is 65.9 Å². The summed E-state index contributed by atoms with van der Waals surface area (Å²) in [5, 5.41) is 13.6. The van der Waals surface area contributed by atoms with Crippen LogP contribution in [0.1, 0.15) is 24.1 Å². The lowest BCUT2D eigenvalue weighted by molar-refractivity contribution is -0.129. The number of ketones is 1. The van der Waals surface area contributed by atoms with Gasteiger partial charge in [-0.1, -0.05) is 29.8 Å². The zero-order valence-corrected chi connectivity index (χ0v) is 14.8. The predicted octanol–water partition coefficient (Wildman–Crippen LogP) is 1.18. The van der Waals surface area contributed by atoms with E-state index in [1.807, 2.05) is 31.2 Å². The van der Waals surface area contributed by atoms with E-state index < -0.39 is 17.7 Å². The Morgan fingerprint density at radius 3 is 2.44 bits per heavy atom. The number of aliphatic hydroxyl groups is 1. The molecule has 0 aliphatic carbocycles. The van der Waals surface area contributed by atoms with Gasteiger partial charge >= 0.3 is 0 Å². The quantitative estimate of drug-likeness (QED) is 0.840. The van der Waals surface area contributed by atoms with Crippen molar-refractivity contribution in [1.29, 1.82) is 0 Å². The van der Waals surface area contributed by atoms with Gasteiger partial charge < -0.3 is 15.3 Å². The van der Waals surface area contributed by atoms with E-state index in [9.17, 15) is 14.7 Å². The van der Waals surface area contributed by atoms with Crippen LogP contribution in [0, 0.1) is 6.92 Å². The number of hydrogen-bond donors (Lipinski definition) is 2. The first-order valence-electron chi connectivity index (χ1n) is 8.73. The number of carbonyl (C=O) groups excluding carboxylic acids is 2. The van der Waals surface area contributed by atoms with Gasteiger partial charge in [-0.25, -0.2) is 0 Å². The molecule has 1 unspecified atom stereocenters. The van der Waals surface area contributed by atoms with Crippen molar-refractivity contribution < 1.29 is 14.7 Å². The summed E-state index contributed by atoms with van der Waals surface area (Å²) in [7, 11) is 0. The minimum Gasteiger partial charge on any atom is -0.503 e. The van der Waals surface area contributed by atoms with Crippen molar-refractivity contribution in [3.63, 3.8) is 0 Å². The molecule has 1 atom stereocenters. The van der Waals surface area contributed by atoms with E-state index in [0.717, 1.165) is 43.9 Å². The first kappa shape index (κ1) is 17.6. The molecule has 134 valence electrons. The molecule has 0 spiro atoms. The topological polar surface area (TPSA) is 72.9 Å². The average Bonchev–Trinajstić information content (AvgIpc) is 2.86. The molecule has 6 nitrogen and oxygen atoms in total. The maximum atomic E-state index is 12.6. The molecule has 25 heavy (non-hydrogen) atoms. The largest absolute Gasteiger partial charge is 0.503 e. The first-order chi connectivity index (χ1) is 12.0. The molecule has 1 aromatic rings. The number of Topliss-reactive ketones (excluding diaryl/α,β-unsaturated/α-hetero) is 1. The van der Waals surface area contributed by atoms with Crippen molar-refractivity contribution in [2.24, 2.45) is 0 Å². The number of amides is 1. The van der Waals surface area contributed by atoms with Gasteiger partial charge in [0.25, 0.3) is 5.91 Å². The molecule has 0 bridgehead atoms. The normalized spacial score (nSPS) is 21.9. The number of benzene rings is 1. The van der Waals surface area contributed by atoms with Gasteiger partial charge in [0.15, 0.2) is 11.5 Å². The summed E-state index contributed by atoms with van der Waals surface area (Å²) < 4.78 is 0. The van der Waals surface area contributed by atoms with Crippen molar-refractivity contribution >= 4 is 11.7 Å². The Kier molecular flexibility index (Phi) is 5.20. The summed E-state index contributed by atoms with van der Waals surface area (Å²) in [5.41, 5.74) is 2.17. The number of piperazine rings is 1. The highest BCUT2D eigenvalue weighted by molar-refractivity contribution is 6.08. The molecule has 2 aliphatic heterocycles. The predicted molar refractivity (Wildman–Crippen MR) is 95.3 cm³/mol. The Morgan fingerprint density at radius 2 is 1.84 bits per heavy atom. The van der Waals surface area contributed by atoms with Crippen molar-refractivity contribution in [3.05, 3.63) is 46.7 Å². The van der Waals surface area contributed by atoms with Crippen LogP contribution in [-0.2, 0) is 9.59 Å². The Balaban J connectivity index is 1.85. The second-order valence-corrected chi connectivity index (χ2v) is 6.72. The van der Waals surface area contributed by atoms with Gasteiger partial charge in [0, 0.05) is 39.3 Å². The lowest BCUT2D eigenvalue weighted by atomic mass is 9.96. The van der Waals surface area contributed by atoms with E-state index in [4.69, 9.17) is 0 Å². The summed E-state index contributed by atoms with van der Waals surface area (Å²) in [6.07, 6.45) is 0. The zero-order chi connectivity index (χ0) is 18.0. The second-order valence-electron chi connectivity index (χ2n) is 6.72.